The summed E-state index contributed by atoms with van der Waals surface area (Å²) in [4.78, 5) is 31.7. The molecule has 18 nitrogen and oxygen atoms in total. The lowest BCUT2D eigenvalue weighted by atomic mass is 9.83. The van der Waals surface area contributed by atoms with Gasteiger partial charge in [0, 0.05) is 36.8 Å². The van der Waals surface area contributed by atoms with Gasteiger partial charge in [-0.05, 0) is 42.9 Å². The molecule has 4 aromatic rings. The molecule has 48 heavy (non-hydrogen) atoms. The van der Waals surface area contributed by atoms with E-state index in [1.165, 1.54) is 0 Å². The first kappa shape index (κ1) is 37.4. The number of nitrogens with zero attached hydrogens (tertiary/aromatic N) is 8. The highest BCUT2D eigenvalue weighted by atomic mass is 16.5. The lowest BCUT2D eigenvalue weighted by molar-refractivity contribution is -0.144. The molecule has 260 valence electrons. The molecule has 0 fully saturated rings. The second-order valence-corrected chi connectivity index (χ2v) is 10.9. The van der Waals surface area contributed by atoms with Gasteiger partial charge < -0.3 is 30.5 Å². The van der Waals surface area contributed by atoms with Crippen LogP contribution in [0.3, 0.4) is 0 Å². The van der Waals surface area contributed by atoms with Crippen LogP contribution in [0.1, 0.15) is 74.1 Å². The highest BCUT2D eigenvalue weighted by molar-refractivity contribution is 5.71. The molecule has 0 radical (unpaired) electrons. The summed E-state index contributed by atoms with van der Waals surface area (Å²) >= 11 is 0. The Labute approximate surface area is 276 Å². The Balaban J connectivity index is 0.000000260. The van der Waals surface area contributed by atoms with Crippen molar-refractivity contribution in [2.24, 2.45) is 11.8 Å². The number of H-pyrrole nitrogens is 2. The Hall–Kier alpha value is -5.10. The smallest absolute Gasteiger partial charge is 0.307 e. The second kappa shape index (κ2) is 20.2. The third-order valence-electron chi connectivity index (χ3n) is 7.48. The van der Waals surface area contributed by atoms with E-state index < -0.39 is 29.7 Å². The van der Waals surface area contributed by atoms with Gasteiger partial charge >= 0.3 is 11.9 Å². The molecule has 7 N–H and O–H groups in total. The van der Waals surface area contributed by atoms with E-state index in [0.29, 0.717) is 55.6 Å². The monoisotopic (exact) mass is 669 g/mol. The Morgan fingerprint density at radius 1 is 0.792 bits per heavy atom. The van der Waals surface area contributed by atoms with Crippen LogP contribution in [-0.4, -0.2) is 110 Å². The van der Waals surface area contributed by atoms with Gasteiger partial charge in [0.15, 0.2) is 11.6 Å². The van der Waals surface area contributed by atoms with Crippen molar-refractivity contribution in [2.45, 2.75) is 64.2 Å². The fraction of sp³-hybridized carbons (Fsp3) is 0.533. The summed E-state index contributed by atoms with van der Waals surface area (Å²) in [6, 6.07) is 7.18. The van der Waals surface area contributed by atoms with Crippen LogP contribution < -0.4 is 10.1 Å². The molecule has 0 spiro atoms. The highest BCUT2D eigenvalue weighted by Gasteiger charge is 2.33. The Morgan fingerprint density at radius 2 is 1.33 bits per heavy atom. The molecule has 4 heterocycles. The number of aromatic amines is 2. The van der Waals surface area contributed by atoms with Crippen molar-refractivity contribution in [2.75, 3.05) is 31.7 Å². The van der Waals surface area contributed by atoms with Crippen LogP contribution in [0.4, 0.5) is 5.82 Å². The first-order valence-electron chi connectivity index (χ1n) is 15.7. The van der Waals surface area contributed by atoms with Gasteiger partial charge in [0.05, 0.1) is 25.0 Å². The summed E-state index contributed by atoms with van der Waals surface area (Å²) in [7, 11) is 0. The van der Waals surface area contributed by atoms with Crippen LogP contribution >= 0.6 is 0 Å². The third-order valence-corrected chi connectivity index (χ3v) is 7.48. The molecule has 0 aromatic carbocycles. The first-order chi connectivity index (χ1) is 23.3. The normalized spacial score (nSPS) is 13.4. The van der Waals surface area contributed by atoms with E-state index in [1.54, 1.807) is 24.5 Å². The molecule has 0 saturated carbocycles. The third kappa shape index (κ3) is 11.6. The Bertz CT molecular complexity index is 1350. The number of aliphatic carboxylic acids is 2. The number of tetrazole rings is 2. The van der Waals surface area contributed by atoms with Crippen molar-refractivity contribution in [3.05, 3.63) is 59.4 Å². The summed E-state index contributed by atoms with van der Waals surface area (Å²) in [5.41, 5.74) is 1.74. The predicted octanol–water partition coefficient (Wildman–Crippen LogP) is 1.62. The quantitative estimate of drug-likeness (QED) is 0.0704. The molecule has 0 saturated heterocycles. The van der Waals surface area contributed by atoms with Crippen molar-refractivity contribution in [3.8, 4) is 5.88 Å². The number of rotatable bonds is 20. The summed E-state index contributed by atoms with van der Waals surface area (Å²) in [6.45, 7) is 4.44. The van der Waals surface area contributed by atoms with Crippen LogP contribution in [0.5, 0.6) is 5.88 Å². The van der Waals surface area contributed by atoms with E-state index in [-0.39, 0.29) is 25.7 Å². The molecule has 4 rings (SSSR count). The fourth-order valence-corrected chi connectivity index (χ4v) is 5.20. The minimum absolute atomic E-state index is 0.0284. The SMILES string of the molecule is CCC[C@H](C(=O)O)C(Cc1ccc(NCCO)nc1)c1nn[nH]n1.CCC[C@H](C(=O)O)C(Cc1ccc(OCCO)nc1)c1nn[nH]n1. The number of aliphatic hydroxyl groups excluding tert-OH is 2. The van der Waals surface area contributed by atoms with E-state index in [9.17, 15) is 19.8 Å². The Kier molecular flexibility index (Phi) is 15.7. The number of aromatic nitrogens is 10. The van der Waals surface area contributed by atoms with Crippen molar-refractivity contribution < 1.29 is 34.8 Å². The molecule has 2 unspecified atom stereocenters. The van der Waals surface area contributed by atoms with Crippen molar-refractivity contribution in [1.29, 1.82) is 0 Å². The molecule has 4 aromatic heterocycles. The number of hydrogen-bond acceptors (Lipinski definition) is 14. The number of aliphatic hydroxyl groups is 2. The van der Waals surface area contributed by atoms with Crippen LogP contribution in [0, 0.1) is 11.8 Å². The number of nitrogens with one attached hydrogen (secondary N) is 3. The molecule has 0 aliphatic heterocycles. The second-order valence-electron chi connectivity index (χ2n) is 10.9. The largest absolute Gasteiger partial charge is 0.481 e. The minimum atomic E-state index is -0.873. The molecule has 0 aliphatic rings. The molecular formula is C30H43N11O7. The average Bonchev–Trinajstić information content (AvgIpc) is 3.83. The van der Waals surface area contributed by atoms with Gasteiger partial charge in [0.25, 0.3) is 0 Å². The lowest BCUT2D eigenvalue weighted by Crippen LogP contribution is -2.25. The fourth-order valence-electron chi connectivity index (χ4n) is 5.20. The zero-order valence-corrected chi connectivity index (χ0v) is 26.9. The van der Waals surface area contributed by atoms with Crippen LogP contribution in [0.2, 0.25) is 0 Å². The average molecular weight is 670 g/mol. The number of carboxylic acids is 2. The number of pyridine rings is 2. The van der Waals surface area contributed by atoms with E-state index in [4.69, 9.17) is 14.9 Å². The van der Waals surface area contributed by atoms with Gasteiger partial charge in [0.1, 0.15) is 12.4 Å². The number of ether oxygens (including phenoxy) is 1. The molecule has 4 atom stereocenters. The molecule has 0 aliphatic carbocycles. The van der Waals surface area contributed by atoms with Gasteiger partial charge in [-0.15, -0.1) is 20.4 Å². The maximum Gasteiger partial charge on any atom is 0.307 e. The maximum absolute atomic E-state index is 11.7. The van der Waals surface area contributed by atoms with Gasteiger partial charge in [0.2, 0.25) is 5.88 Å². The van der Waals surface area contributed by atoms with Gasteiger partial charge in [-0.25, -0.2) is 9.97 Å². The topological polar surface area (TPSA) is 271 Å². The number of carboxylic acid groups (broad SMARTS) is 2. The van der Waals surface area contributed by atoms with E-state index in [1.807, 2.05) is 26.0 Å². The van der Waals surface area contributed by atoms with E-state index in [0.717, 1.165) is 24.0 Å². The summed E-state index contributed by atoms with van der Waals surface area (Å²) in [5.74, 6) is -1.83. The van der Waals surface area contributed by atoms with Crippen LogP contribution in [0.25, 0.3) is 0 Å². The summed E-state index contributed by atoms with van der Waals surface area (Å²) in [6.07, 6.45) is 6.79. The van der Waals surface area contributed by atoms with E-state index in [2.05, 4.69) is 56.5 Å². The lowest BCUT2D eigenvalue weighted by Gasteiger charge is -2.21. The Morgan fingerprint density at radius 3 is 1.71 bits per heavy atom. The molecular weight excluding hydrogens is 626 g/mol. The highest BCUT2D eigenvalue weighted by Crippen LogP contribution is 2.31. The van der Waals surface area contributed by atoms with Crippen molar-refractivity contribution >= 4 is 17.8 Å². The van der Waals surface area contributed by atoms with Gasteiger partial charge in [-0.1, -0.05) is 49.2 Å². The zero-order valence-electron chi connectivity index (χ0n) is 26.9. The maximum atomic E-state index is 11.7. The first-order valence-corrected chi connectivity index (χ1v) is 15.7. The standard InChI is InChI=1S/C15H22N6O3.C15H21N5O4/c1-2-3-11(15(23)24)12(14-18-20-21-19-14)8-10-4-5-13(17-9-10)16-6-7-22;1-2-3-11(15(22)23)12(14-17-19-20-18-14)8-10-4-5-13(16-9-10)24-7-6-21/h4-5,9,11-12,22H,2-3,6-8H2,1H3,(H,16,17)(H,23,24)(H,18,19,20,21);4-5,9,11-12,21H,2-3,6-8H2,1H3,(H,22,23)(H,17,18,19,20)/t2*11-,12?/m00/s1. The van der Waals surface area contributed by atoms with Crippen LogP contribution in [0.15, 0.2) is 36.7 Å². The predicted molar refractivity (Wildman–Crippen MR) is 170 cm³/mol. The molecule has 0 bridgehead atoms. The number of anilines is 1. The molecule has 18 heteroatoms. The zero-order chi connectivity index (χ0) is 34.7. The van der Waals surface area contributed by atoms with Crippen LogP contribution in [-0.2, 0) is 22.4 Å². The number of hydrogen-bond donors (Lipinski definition) is 7. The number of carbonyl (C=O) groups is 2. The summed E-state index contributed by atoms with van der Waals surface area (Å²) < 4.78 is 5.22. The van der Waals surface area contributed by atoms with Crippen molar-refractivity contribution in [1.82, 2.24) is 51.2 Å². The van der Waals surface area contributed by atoms with E-state index >= 15 is 0 Å². The van der Waals surface area contributed by atoms with Gasteiger partial charge in [-0.2, -0.15) is 10.4 Å². The van der Waals surface area contributed by atoms with Crippen molar-refractivity contribution in [3.63, 3.8) is 0 Å². The molecule has 0 amide bonds. The summed E-state index contributed by atoms with van der Waals surface area (Å²) in [5, 5.41) is 67.4. The van der Waals surface area contributed by atoms with Gasteiger partial charge in [-0.3, -0.25) is 9.59 Å². The minimum Gasteiger partial charge on any atom is -0.481 e.